The van der Waals surface area contributed by atoms with Crippen molar-refractivity contribution >= 4 is 23.4 Å². The molecule has 0 saturated heterocycles. The Balaban J connectivity index is 0.000000968. The van der Waals surface area contributed by atoms with Gasteiger partial charge in [0, 0.05) is 26.2 Å². The number of benzene rings is 1. The molecule has 0 spiro atoms. The van der Waals surface area contributed by atoms with E-state index in [1.54, 1.807) is 31.2 Å². The van der Waals surface area contributed by atoms with Gasteiger partial charge in [0.1, 0.15) is 11.3 Å². The Bertz CT molecular complexity index is 1220. The molecule has 0 radical (unpaired) electrons. The minimum absolute atomic E-state index is 0.0419. The zero-order valence-corrected chi connectivity index (χ0v) is 19.2. The van der Waals surface area contributed by atoms with Gasteiger partial charge in [-0.3, -0.25) is 14.4 Å². The first-order valence-electron chi connectivity index (χ1n) is 10.5. The molecule has 1 fully saturated rings. The Hall–Kier alpha value is -3.58. The van der Waals surface area contributed by atoms with E-state index in [1.165, 1.54) is 10.6 Å². The van der Waals surface area contributed by atoms with Gasteiger partial charge in [0.15, 0.2) is 0 Å². The van der Waals surface area contributed by atoms with Gasteiger partial charge in [-0.1, -0.05) is 19.1 Å². The van der Waals surface area contributed by atoms with E-state index in [2.05, 4.69) is 12.2 Å². The number of aryl methyl sites for hydroxylation is 1. The maximum atomic E-state index is 13.0. The third kappa shape index (κ3) is 5.43. The van der Waals surface area contributed by atoms with Crippen molar-refractivity contribution in [2.45, 2.75) is 39.8 Å². The number of pyridine rings is 1. The van der Waals surface area contributed by atoms with Crippen LogP contribution in [0, 0.1) is 23.7 Å². The standard InChI is InChI=1S/C23H24N4O3.O2S/c1-15-11-18(20(28)25-13-17-5-3-16(12-24)4-6-17)21(29)27-10-9-26(22(30)19(15)27)14-23(2)7-8-23;1-3-2/h3-6,11H,7-10,13-14H2,1-2H3,(H,25,28);. The summed E-state index contributed by atoms with van der Waals surface area (Å²) in [6.45, 7) is 5.78. The van der Waals surface area contributed by atoms with Crippen molar-refractivity contribution in [3.63, 3.8) is 0 Å². The van der Waals surface area contributed by atoms with Gasteiger partial charge in [0.2, 0.25) is 0 Å². The van der Waals surface area contributed by atoms with Crippen molar-refractivity contribution in [1.29, 1.82) is 5.26 Å². The number of rotatable bonds is 5. The summed E-state index contributed by atoms with van der Waals surface area (Å²) in [5.74, 6) is -0.600. The van der Waals surface area contributed by atoms with Crippen LogP contribution in [-0.2, 0) is 24.7 Å². The van der Waals surface area contributed by atoms with E-state index in [-0.39, 0.29) is 23.4 Å². The van der Waals surface area contributed by atoms with Gasteiger partial charge >= 0.3 is 11.6 Å². The second-order valence-corrected chi connectivity index (χ2v) is 8.78. The van der Waals surface area contributed by atoms with Gasteiger partial charge in [-0.15, -0.1) is 0 Å². The molecule has 2 aliphatic rings. The van der Waals surface area contributed by atoms with Crippen molar-refractivity contribution in [3.05, 3.63) is 68.6 Å². The molecule has 172 valence electrons. The fourth-order valence-corrected chi connectivity index (χ4v) is 3.90. The van der Waals surface area contributed by atoms with E-state index >= 15 is 0 Å². The smallest absolute Gasteiger partial charge is 0.335 e. The summed E-state index contributed by atoms with van der Waals surface area (Å²) >= 11 is -0.750. The SMILES string of the molecule is Cc1cc(C(=O)NCc2ccc(C#N)cc2)c(=O)n2c1C(=O)N(CC1(C)CC1)CC2.O=S=O. The second-order valence-electron chi connectivity index (χ2n) is 8.64. The molecule has 2 aromatic rings. The van der Waals surface area contributed by atoms with Crippen LogP contribution in [0.3, 0.4) is 0 Å². The fourth-order valence-electron chi connectivity index (χ4n) is 3.90. The average Bonchev–Trinajstić information content (AvgIpc) is 3.53. The van der Waals surface area contributed by atoms with Gasteiger partial charge in [0.25, 0.3) is 17.4 Å². The van der Waals surface area contributed by atoms with Crippen molar-refractivity contribution in [3.8, 4) is 6.07 Å². The third-order valence-electron chi connectivity index (χ3n) is 6.02. The molecule has 9 nitrogen and oxygen atoms in total. The number of amides is 2. The molecular weight excluding hydrogens is 444 g/mol. The van der Waals surface area contributed by atoms with Crippen LogP contribution in [0.1, 0.15) is 57.3 Å². The third-order valence-corrected chi connectivity index (χ3v) is 6.02. The van der Waals surface area contributed by atoms with E-state index in [4.69, 9.17) is 13.7 Å². The normalized spacial score (nSPS) is 15.4. The lowest BCUT2D eigenvalue weighted by atomic mass is 10.0. The number of nitrogens with one attached hydrogen (secondary N) is 1. The van der Waals surface area contributed by atoms with E-state index in [1.807, 2.05) is 11.0 Å². The van der Waals surface area contributed by atoms with Crippen LogP contribution in [0.4, 0.5) is 0 Å². The topological polar surface area (TPSA) is 129 Å². The molecule has 1 saturated carbocycles. The van der Waals surface area contributed by atoms with Gasteiger partial charge < -0.3 is 14.8 Å². The summed E-state index contributed by atoms with van der Waals surface area (Å²) in [6, 6.07) is 10.4. The number of carbonyl (C=O) groups excluding carboxylic acids is 2. The van der Waals surface area contributed by atoms with Crippen LogP contribution in [0.15, 0.2) is 35.1 Å². The molecule has 4 rings (SSSR count). The van der Waals surface area contributed by atoms with Crippen LogP contribution in [0.2, 0.25) is 0 Å². The number of aromatic nitrogens is 1. The number of nitrogens with zero attached hydrogens (tertiary/aromatic N) is 3. The Morgan fingerprint density at radius 2 is 1.82 bits per heavy atom. The summed E-state index contributed by atoms with van der Waals surface area (Å²) in [5.41, 5.74) is 2.21. The maximum absolute atomic E-state index is 13.0. The average molecular weight is 469 g/mol. The van der Waals surface area contributed by atoms with E-state index in [0.29, 0.717) is 36.5 Å². The predicted molar refractivity (Wildman–Crippen MR) is 120 cm³/mol. The molecule has 1 aliphatic heterocycles. The zero-order valence-electron chi connectivity index (χ0n) is 18.4. The molecule has 0 bridgehead atoms. The molecule has 1 aromatic carbocycles. The minimum Gasteiger partial charge on any atom is -0.348 e. The highest BCUT2D eigenvalue weighted by Crippen LogP contribution is 2.45. The maximum Gasteiger partial charge on any atom is 0.335 e. The van der Waals surface area contributed by atoms with Gasteiger partial charge in [-0.05, 0) is 54.5 Å². The molecule has 33 heavy (non-hydrogen) atoms. The van der Waals surface area contributed by atoms with Crippen LogP contribution in [-0.4, -0.2) is 42.8 Å². The number of hydrogen-bond donors (Lipinski definition) is 1. The van der Waals surface area contributed by atoms with Crippen molar-refractivity contribution in [2.24, 2.45) is 5.41 Å². The predicted octanol–water partition coefficient (Wildman–Crippen LogP) is 1.54. The summed E-state index contributed by atoms with van der Waals surface area (Å²) in [6.07, 6.45) is 2.25. The number of hydrogen-bond acceptors (Lipinski definition) is 6. The van der Waals surface area contributed by atoms with Crippen LogP contribution in [0.25, 0.3) is 0 Å². The van der Waals surface area contributed by atoms with E-state index in [9.17, 15) is 14.4 Å². The van der Waals surface area contributed by atoms with Crippen molar-refractivity contribution < 1.29 is 18.0 Å². The fraction of sp³-hybridized carbons (Fsp3) is 0.391. The highest BCUT2D eigenvalue weighted by molar-refractivity contribution is 7.51. The van der Waals surface area contributed by atoms with E-state index < -0.39 is 23.0 Å². The minimum atomic E-state index is -0.750. The molecule has 0 unspecified atom stereocenters. The molecule has 2 amide bonds. The number of carbonyl (C=O) groups is 2. The van der Waals surface area contributed by atoms with Crippen LogP contribution in [0.5, 0.6) is 0 Å². The lowest BCUT2D eigenvalue weighted by molar-refractivity contribution is 0.0662. The Kier molecular flexibility index (Phi) is 7.23. The molecule has 1 N–H and O–H groups in total. The van der Waals surface area contributed by atoms with Crippen molar-refractivity contribution in [1.82, 2.24) is 14.8 Å². The lowest BCUT2D eigenvalue weighted by Gasteiger charge is -2.32. The number of nitriles is 1. The summed E-state index contributed by atoms with van der Waals surface area (Å²) in [7, 11) is 0. The Morgan fingerprint density at radius 3 is 2.39 bits per heavy atom. The molecule has 2 heterocycles. The summed E-state index contributed by atoms with van der Waals surface area (Å²) in [4.78, 5) is 40.4. The lowest BCUT2D eigenvalue weighted by Crippen LogP contribution is -2.48. The van der Waals surface area contributed by atoms with Gasteiger partial charge in [-0.2, -0.15) is 13.7 Å². The largest absolute Gasteiger partial charge is 0.348 e. The second kappa shape index (κ2) is 9.92. The summed E-state index contributed by atoms with van der Waals surface area (Å²) < 4.78 is 18.0. The highest BCUT2D eigenvalue weighted by atomic mass is 32.1. The van der Waals surface area contributed by atoms with Crippen LogP contribution < -0.4 is 10.9 Å². The molecule has 1 aliphatic carbocycles. The first-order valence-corrected chi connectivity index (χ1v) is 11.1. The first-order chi connectivity index (χ1) is 15.7. The monoisotopic (exact) mass is 468 g/mol. The summed E-state index contributed by atoms with van der Waals surface area (Å²) in [5, 5.41) is 11.6. The Labute approximate surface area is 194 Å². The van der Waals surface area contributed by atoms with Crippen molar-refractivity contribution in [2.75, 3.05) is 13.1 Å². The van der Waals surface area contributed by atoms with Gasteiger partial charge in [-0.25, -0.2) is 0 Å². The van der Waals surface area contributed by atoms with E-state index in [0.717, 1.165) is 18.4 Å². The quantitative estimate of drug-likeness (QED) is 0.709. The molecular formula is C23H24N4O5S. The molecule has 1 aromatic heterocycles. The first kappa shape index (κ1) is 24.1. The van der Waals surface area contributed by atoms with Gasteiger partial charge in [0.05, 0.1) is 11.6 Å². The Morgan fingerprint density at radius 1 is 1.18 bits per heavy atom. The zero-order chi connectivity index (χ0) is 24.2. The highest BCUT2D eigenvalue weighted by Gasteiger charge is 2.41. The number of fused-ring (bicyclic) bond motifs is 1. The molecule has 0 atom stereocenters. The van der Waals surface area contributed by atoms with Crippen LogP contribution >= 0.6 is 0 Å². The molecule has 10 heteroatoms.